The second-order valence-corrected chi connectivity index (χ2v) is 6.73. The van der Waals surface area contributed by atoms with Crippen molar-refractivity contribution in [3.63, 3.8) is 0 Å². The average Bonchev–Trinajstić information content (AvgIpc) is 3.15. The molecule has 4 aromatic rings. The number of nitrogens with one attached hydrogen (secondary N) is 1. The van der Waals surface area contributed by atoms with E-state index in [1.54, 1.807) is 10.7 Å². The summed E-state index contributed by atoms with van der Waals surface area (Å²) in [5.74, 6) is 0.813. The van der Waals surface area contributed by atoms with E-state index < -0.39 is 0 Å². The summed E-state index contributed by atoms with van der Waals surface area (Å²) in [6.45, 7) is 0.516. The number of hydrogen-bond acceptors (Lipinski definition) is 6. The van der Waals surface area contributed by atoms with Crippen molar-refractivity contribution in [2.75, 3.05) is 5.75 Å². The van der Waals surface area contributed by atoms with E-state index in [1.165, 1.54) is 11.8 Å². The van der Waals surface area contributed by atoms with Crippen LogP contribution in [0.2, 0.25) is 0 Å². The van der Waals surface area contributed by atoms with Crippen LogP contribution < -0.4 is 5.32 Å². The number of benzene rings is 1. The molecule has 0 saturated carbocycles. The Bertz CT molecular complexity index is 1050. The number of amides is 1. The quantitative estimate of drug-likeness (QED) is 0.521. The minimum atomic E-state index is -0.0422. The molecule has 0 atom stereocenters. The predicted octanol–water partition coefficient (Wildman–Crippen LogP) is 2.59. The van der Waals surface area contributed by atoms with Crippen LogP contribution in [0, 0.1) is 0 Å². The highest BCUT2D eigenvalue weighted by Gasteiger charge is 2.11. The molecule has 0 saturated heterocycles. The van der Waals surface area contributed by atoms with Gasteiger partial charge >= 0.3 is 0 Å². The first-order valence-electron chi connectivity index (χ1n) is 8.37. The summed E-state index contributed by atoms with van der Waals surface area (Å²) in [5.41, 5.74) is 2.40. The molecule has 0 bridgehead atoms. The van der Waals surface area contributed by atoms with Crippen molar-refractivity contribution in [3.8, 4) is 11.5 Å². The lowest BCUT2D eigenvalue weighted by molar-refractivity contribution is -0.118. The van der Waals surface area contributed by atoms with E-state index >= 15 is 0 Å². The molecule has 1 N–H and O–H groups in total. The monoisotopic (exact) mass is 376 g/mol. The lowest BCUT2D eigenvalue weighted by Crippen LogP contribution is -2.24. The standard InChI is InChI=1S/C19H16N6OS/c26-17(21-12-14-6-2-1-3-7-14)13-27-18-10-9-16-22-23-19(25(16)24-18)15-8-4-5-11-20-15/h1-11H,12-13H2,(H,21,26). The number of pyridine rings is 1. The predicted molar refractivity (Wildman–Crippen MR) is 103 cm³/mol. The summed E-state index contributed by atoms with van der Waals surface area (Å²) < 4.78 is 1.65. The number of carbonyl (C=O) groups excluding carboxylic acids is 1. The van der Waals surface area contributed by atoms with Crippen molar-refractivity contribution in [3.05, 3.63) is 72.4 Å². The van der Waals surface area contributed by atoms with Gasteiger partial charge in [0.2, 0.25) is 11.7 Å². The van der Waals surface area contributed by atoms with Crippen LogP contribution in [0.3, 0.4) is 0 Å². The number of nitrogens with zero attached hydrogens (tertiary/aromatic N) is 5. The number of hydrogen-bond donors (Lipinski definition) is 1. The first-order valence-corrected chi connectivity index (χ1v) is 9.35. The molecule has 27 heavy (non-hydrogen) atoms. The van der Waals surface area contributed by atoms with E-state index in [4.69, 9.17) is 0 Å². The highest BCUT2D eigenvalue weighted by Crippen LogP contribution is 2.19. The second kappa shape index (κ2) is 7.96. The summed E-state index contributed by atoms with van der Waals surface area (Å²) in [7, 11) is 0. The van der Waals surface area contributed by atoms with E-state index in [1.807, 2.05) is 60.7 Å². The number of rotatable bonds is 6. The molecule has 0 fully saturated rings. The zero-order chi connectivity index (χ0) is 18.5. The number of aromatic nitrogens is 5. The van der Waals surface area contributed by atoms with Crippen molar-refractivity contribution < 1.29 is 4.79 Å². The summed E-state index contributed by atoms with van der Waals surface area (Å²) >= 11 is 1.37. The summed E-state index contributed by atoms with van der Waals surface area (Å²) in [6, 6.07) is 19.1. The molecule has 0 radical (unpaired) electrons. The van der Waals surface area contributed by atoms with Gasteiger partial charge in [-0.1, -0.05) is 48.2 Å². The molecule has 1 amide bonds. The highest BCUT2D eigenvalue weighted by atomic mass is 32.2. The molecule has 0 unspecified atom stereocenters. The smallest absolute Gasteiger partial charge is 0.230 e. The molecular formula is C19H16N6OS. The topological polar surface area (TPSA) is 85.1 Å². The molecule has 1 aromatic carbocycles. The summed E-state index contributed by atoms with van der Waals surface area (Å²) in [6.07, 6.45) is 1.70. The van der Waals surface area contributed by atoms with E-state index in [0.717, 1.165) is 5.56 Å². The van der Waals surface area contributed by atoms with E-state index in [9.17, 15) is 4.79 Å². The van der Waals surface area contributed by atoms with Gasteiger partial charge in [0.1, 0.15) is 10.7 Å². The normalized spacial score (nSPS) is 10.8. The lowest BCUT2D eigenvalue weighted by Gasteiger charge is -2.05. The largest absolute Gasteiger partial charge is 0.351 e. The second-order valence-electron chi connectivity index (χ2n) is 5.73. The number of fused-ring (bicyclic) bond motifs is 1. The fourth-order valence-corrected chi connectivity index (χ4v) is 3.18. The zero-order valence-corrected chi connectivity index (χ0v) is 15.1. The van der Waals surface area contributed by atoms with Crippen LogP contribution in [0.1, 0.15) is 5.56 Å². The molecule has 0 aliphatic heterocycles. The highest BCUT2D eigenvalue weighted by molar-refractivity contribution is 7.99. The van der Waals surface area contributed by atoms with Gasteiger partial charge in [0.15, 0.2) is 5.65 Å². The van der Waals surface area contributed by atoms with Crippen molar-refractivity contribution in [2.45, 2.75) is 11.6 Å². The molecule has 4 rings (SSSR count). The number of thioether (sulfide) groups is 1. The minimum absolute atomic E-state index is 0.0422. The van der Waals surface area contributed by atoms with Gasteiger partial charge in [-0.3, -0.25) is 9.78 Å². The molecule has 3 aromatic heterocycles. The van der Waals surface area contributed by atoms with E-state index in [2.05, 4.69) is 25.6 Å². The lowest BCUT2D eigenvalue weighted by atomic mass is 10.2. The Kier molecular flexibility index (Phi) is 5.06. The Morgan fingerprint density at radius 2 is 1.85 bits per heavy atom. The van der Waals surface area contributed by atoms with Crippen LogP contribution in [-0.2, 0) is 11.3 Å². The van der Waals surface area contributed by atoms with Gasteiger partial charge in [0.05, 0.1) is 5.75 Å². The fourth-order valence-electron chi connectivity index (χ4n) is 2.49. The molecule has 134 valence electrons. The fraction of sp³-hybridized carbons (Fsp3) is 0.105. The maximum absolute atomic E-state index is 12.1. The van der Waals surface area contributed by atoms with Crippen LogP contribution in [0.4, 0.5) is 0 Å². The van der Waals surface area contributed by atoms with Crippen molar-refractivity contribution in [2.24, 2.45) is 0 Å². The third-order valence-electron chi connectivity index (χ3n) is 3.82. The van der Waals surface area contributed by atoms with Crippen LogP contribution in [-0.4, -0.2) is 36.5 Å². The molecular weight excluding hydrogens is 360 g/mol. The third kappa shape index (κ3) is 4.12. The molecule has 0 aliphatic carbocycles. The minimum Gasteiger partial charge on any atom is -0.351 e. The van der Waals surface area contributed by atoms with Crippen LogP contribution in [0.15, 0.2) is 71.9 Å². The van der Waals surface area contributed by atoms with E-state index in [-0.39, 0.29) is 11.7 Å². The molecule has 3 heterocycles. The van der Waals surface area contributed by atoms with Crippen molar-refractivity contribution >= 4 is 23.3 Å². The van der Waals surface area contributed by atoms with Gasteiger partial charge in [-0.15, -0.1) is 10.2 Å². The molecule has 8 heteroatoms. The Morgan fingerprint density at radius 1 is 1.00 bits per heavy atom. The van der Waals surface area contributed by atoms with Crippen molar-refractivity contribution in [1.29, 1.82) is 0 Å². The molecule has 7 nitrogen and oxygen atoms in total. The van der Waals surface area contributed by atoms with Gasteiger partial charge in [-0.2, -0.15) is 9.61 Å². The van der Waals surface area contributed by atoms with Gasteiger partial charge in [-0.25, -0.2) is 0 Å². The van der Waals surface area contributed by atoms with Gasteiger partial charge in [0.25, 0.3) is 0 Å². The summed E-state index contributed by atoms with van der Waals surface area (Å²) in [5, 5.41) is 16.4. The van der Waals surface area contributed by atoms with E-state index in [0.29, 0.717) is 28.7 Å². The van der Waals surface area contributed by atoms with Crippen LogP contribution in [0.25, 0.3) is 17.2 Å². The Morgan fingerprint density at radius 3 is 2.67 bits per heavy atom. The Balaban J connectivity index is 1.42. The third-order valence-corrected chi connectivity index (χ3v) is 4.74. The van der Waals surface area contributed by atoms with Crippen molar-refractivity contribution in [1.82, 2.24) is 30.1 Å². The van der Waals surface area contributed by atoms with Gasteiger partial charge < -0.3 is 5.32 Å². The Labute approximate surface area is 159 Å². The first-order chi connectivity index (χ1) is 13.3. The Hall–Kier alpha value is -3.26. The molecule has 0 aliphatic rings. The average molecular weight is 376 g/mol. The van der Waals surface area contributed by atoms with Crippen LogP contribution in [0.5, 0.6) is 0 Å². The summed E-state index contributed by atoms with van der Waals surface area (Å²) in [4.78, 5) is 16.4. The first kappa shape index (κ1) is 17.2. The maximum atomic E-state index is 12.1. The zero-order valence-electron chi connectivity index (χ0n) is 14.3. The van der Waals surface area contributed by atoms with Gasteiger partial charge in [-0.05, 0) is 29.8 Å². The van der Waals surface area contributed by atoms with Gasteiger partial charge in [0, 0.05) is 12.7 Å². The SMILES string of the molecule is O=C(CSc1ccc2nnc(-c3ccccn3)n2n1)NCc1ccccc1. The number of carbonyl (C=O) groups is 1. The van der Waals surface area contributed by atoms with Crippen LogP contribution >= 0.6 is 11.8 Å². The maximum Gasteiger partial charge on any atom is 0.230 e. The molecule has 0 spiro atoms.